The molecule has 0 aromatic heterocycles. The minimum Gasteiger partial charge on any atom is -0.345 e. The first-order valence-electron chi connectivity index (χ1n) is 8.89. The molecule has 0 spiro atoms. The van der Waals surface area contributed by atoms with Gasteiger partial charge in [0.05, 0.1) is 5.92 Å². The minimum absolute atomic E-state index is 0.0369. The fourth-order valence-corrected chi connectivity index (χ4v) is 3.30. The summed E-state index contributed by atoms with van der Waals surface area (Å²) >= 11 is 0. The molecule has 0 radical (unpaired) electrons. The van der Waals surface area contributed by atoms with Gasteiger partial charge in [-0.1, -0.05) is 36.4 Å². The Morgan fingerprint density at radius 3 is 2.69 bits per heavy atom. The van der Waals surface area contributed by atoms with Gasteiger partial charge in [0, 0.05) is 32.2 Å². The molecule has 0 saturated carbocycles. The van der Waals surface area contributed by atoms with E-state index in [-0.39, 0.29) is 23.5 Å². The molecule has 1 unspecified atom stereocenters. The molecule has 1 fully saturated rings. The topological polar surface area (TPSA) is 40.6 Å². The predicted octanol–water partition coefficient (Wildman–Crippen LogP) is 3.27. The van der Waals surface area contributed by atoms with E-state index in [1.165, 1.54) is 22.6 Å². The lowest BCUT2D eigenvalue weighted by Gasteiger charge is -2.34. The molecule has 1 aliphatic heterocycles. The third-order valence-corrected chi connectivity index (χ3v) is 4.83. The average molecular weight is 354 g/mol. The molecule has 5 heteroatoms. The number of hydrogen-bond donors (Lipinski definition) is 0. The number of carbonyl (C=O) groups is 2. The van der Waals surface area contributed by atoms with Crippen LogP contribution in [0.15, 0.2) is 54.6 Å². The highest BCUT2D eigenvalue weighted by Gasteiger charge is 2.32. The Labute approximate surface area is 153 Å². The third-order valence-electron chi connectivity index (χ3n) is 4.83. The Morgan fingerprint density at radius 2 is 1.96 bits per heavy atom. The number of halogens is 1. The van der Waals surface area contributed by atoms with Crippen molar-refractivity contribution < 1.29 is 14.0 Å². The zero-order chi connectivity index (χ0) is 18.5. The number of likely N-dealkylation sites (N-methyl/N-ethyl adjacent to an activating group) is 1. The molecule has 2 aromatic rings. The summed E-state index contributed by atoms with van der Waals surface area (Å²) in [6.45, 7) is 0.935. The predicted molar refractivity (Wildman–Crippen MR) is 99.3 cm³/mol. The number of anilines is 1. The van der Waals surface area contributed by atoms with E-state index in [0.29, 0.717) is 31.6 Å². The molecule has 2 aromatic carbocycles. The molecule has 136 valence electrons. The van der Waals surface area contributed by atoms with E-state index in [1.807, 2.05) is 30.3 Å². The maximum absolute atomic E-state index is 13.5. The van der Waals surface area contributed by atoms with Crippen LogP contribution in [-0.2, 0) is 16.0 Å². The van der Waals surface area contributed by atoms with Gasteiger partial charge in [-0.2, -0.15) is 0 Å². The lowest BCUT2D eigenvalue weighted by atomic mass is 9.95. The fourth-order valence-electron chi connectivity index (χ4n) is 3.30. The Bertz CT molecular complexity index is 779. The molecule has 0 bridgehead atoms. The van der Waals surface area contributed by atoms with Crippen molar-refractivity contribution in [1.29, 1.82) is 0 Å². The molecule has 1 atom stereocenters. The van der Waals surface area contributed by atoms with Crippen molar-refractivity contribution >= 4 is 17.5 Å². The molecule has 1 aliphatic rings. The Morgan fingerprint density at radius 1 is 1.19 bits per heavy atom. The molecule has 1 heterocycles. The van der Waals surface area contributed by atoms with E-state index in [4.69, 9.17) is 0 Å². The van der Waals surface area contributed by atoms with Gasteiger partial charge in [-0.15, -0.1) is 0 Å². The minimum atomic E-state index is -0.385. The fraction of sp³-hybridized carbons (Fsp3) is 0.333. The highest BCUT2D eigenvalue weighted by atomic mass is 19.1. The Kier molecular flexibility index (Phi) is 5.66. The highest BCUT2D eigenvalue weighted by molar-refractivity contribution is 5.96. The number of amides is 2. The SMILES string of the molecule is CN(CCc1ccccc1)C(=O)C1CCC(=O)N(c2cccc(F)c2)C1. The zero-order valence-electron chi connectivity index (χ0n) is 14.9. The van der Waals surface area contributed by atoms with Crippen LogP contribution < -0.4 is 4.90 Å². The van der Waals surface area contributed by atoms with Gasteiger partial charge in [-0.25, -0.2) is 4.39 Å². The Balaban J connectivity index is 1.62. The standard InChI is InChI=1S/C21H23FN2O2/c1-23(13-12-16-6-3-2-4-7-16)21(26)17-10-11-20(25)24(15-17)19-9-5-8-18(22)14-19/h2-9,14,17H,10-13,15H2,1H3. The first kappa shape index (κ1) is 18.1. The summed E-state index contributed by atoms with van der Waals surface area (Å²) in [5.74, 6) is -0.665. The van der Waals surface area contributed by atoms with Gasteiger partial charge in [-0.3, -0.25) is 9.59 Å². The van der Waals surface area contributed by atoms with Gasteiger partial charge >= 0.3 is 0 Å². The van der Waals surface area contributed by atoms with Crippen LogP contribution in [0.3, 0.4) is 0 Å². The van der Waals surface area contributed by atoms with Crippen molar-refractivity contribution in [2.75, 3.05) is 25.0 Å². The summed E-state index contributed by atoms with van der Waals surface area (Å²) in [6, 6.07) is 16.0. The van der Waals surface area contributed by atoms with Gasteiger partial charge in [0.25, 0.3) is 0 Å². The lowest BCUT2D eigenvalue weighted by Crippen LogP contribution is -2.46. The second-order valence-corrected chi connectivity index (χ2v) is 6.72. The molecule has 1 saturated heterocycles. The zero-order valence-corrected chi connectivity index (χ0v) is 14.9. The molecule has 2 amide bonds. The van der Waals surface area contributed by atoms with Gasteiger partial charge < -0.3 is 9.80 Å². The molecule has 4 nitrogen and oxygen atoms in total. The van der Waals surface area contributed by atoms with Gasteiger partial charge in [0.1, 0.15) is 5.82 Å². The van der Waals surface area contributed by atoms with E-state index < -0.39 is 0 Å². The second kappa shape index (κ2) is 8.13. The van der Waals surface area contributed by atoms with E-state index in [0.717, 1.165) is 6.42 Å². The summed E-state index contributed by atoms with van der Waals surface area (Å²) in [6.07, 6.45) is 1.64. The summed E-state index contributed by atoms with van der Waals surface area (Å²) in [5.41, 5.74) is 1.70. The lowest BCUT2D eigenvalue weighted by molar-refractivity contribution is -0.135. The van der Waals surface area contributed by atoms with Crippen LogP contribution >= 0.6 is 0 Å². The van der Waals surface area contributed by atoms with Gasteiger partial charge in [-0.05, 0) is 36.6 Å². The smallest absolute Gasteiger partial charge is 0.227 e. The van der Waals surface area contributed by atoms with Crippen molar-refractivity contribution in [3.05, 3.63) is 66.0 Å². The monoisotopic (exact) mass is 354 g/mol. The van der Waals surface area contributed by atoms with Crippen LogP contribution in [0.25, 0.3) is 0 Å². The Hall–Kier alpha value is -2.69. The van der Waals surface area contributed by atoms with Crippen LogP contribution in [0.1, 0.15) is 18.4 Å². The van der Waals surface area contributed by atoms with E-state index in [9.17, 15) is 14.0 Å². The maximum Gasteiger partial charge on any atom is 0.227 e. The van der Waals surface area contributed by atoms with Crippen molar-refractivity contribution in [3.8, 4) is 0 Å². The first-order chi connectivity index (χ1) is 12.5. The number of benzene rings is 2. The van der Waals surface area contributed by atoms with Crippen LogP contribution in [0.2, 0.25) is 0 Å². The number of rotatable bonds is 5. The first-order valence-corrected chi connectivity index (χ1v) is 8.89. The van der Waals surface area contributed by atoms with Crippen LogP contribution in [-0.4, -0.2) is 36.9 Å². The normalized spacial score (nSPS) is 17.2. The largest absolute Gasteiger partial charge is 0.345 e. The number of hydrogen-bond acceptors (Lipinski definition) is 2. The van der Waals surface area contributed by atoms with Crippen LogP contribution in [0, 0.1) is 11.7 Å². The van der Waals surface area contributed by atoms with Gasteiger partial charge in [0.2, 0.25) is 11.8 Å². The molecule has 0 aliphatic carbocycles. The summed E-state index contributed by atoms with van der Waals surface area (Å²) in [4.78, 5) is 28.3. The van der Waals surface area contributed by atoms with E-state index in [2.05, 4.69) is 0 Å². The van der Waals surface area contributed by atoms with Crippen molar-refractivity contribution in [3.63, 3.8) is 0 Å². The van der Waals surface area contributed by atoms with Gasteiger partial charge in [0.15, 0.2) is 0 Å². The number of carbonyl (C=O) groups excluding carboxylic acids is 2. The number of nitrogens with zero attached hydrogens (tertiary/aromatic N) is 2. The summed E-state index contributed by atoms with van der Waals surface area (Å²) in [7, 11) is 1.80. The molecule has 0 N–H and O–H groups in total. The van der Waals surface area contributed by atoms with Crippen molar-refractivity contribution in [2.24, 2.45) is 5.92 Å². The van der Waals surface area contributed by atoms with Crippen LogP contribution in [0.4, 0.5) is 10.1 Å². The van der Waals surface area contributed by atoms with Crippen molar-refractivity contribution in [2.45, 2.75) is 19.3 Å². The molecule has 3 rings (SSSR count). The average Bonchev–Trinajstić information content (AvgIpc) is 2.66. The third kappa shape index (κ3) is 4.28. The van der Waals surface area contributed by atoms with E-state index >= 15 is 0 Å². The molecule has 26 heavy (non-hydrogen) atoms. The molecular formula is C21H23FN2O2. The maximum atomic E-state index is 13.5. The van der Waals surface area contributed by atoms with Crippen molar-refractivity contribution in [1.82, 2.24) is 4.90 Å². The molecular weight excluding hydrogens is 331 g/mol. The summed E-state index contributed by atoms with van der Waals surface area (Å²) < 4.78 is 13.5. The quantitative estimate of drug-likeness (QED) is 0.827. The summed E-state index contributed by atoms with van der Waals surface area (Å²) in [5, 5.41) is 0. The van der Waals surface area contributed by atoms with E-state index in [1.54, 1.807) is 24.1 Å². The number of piperidine rings is 1. The highest BCUT2D eigenvalue weighted by Crippen LogP contribution is 2.25. The van der Waals surface area contributed by atoms with Crippen LogP contribution in [0.5, 0.6) is 0 Å². The second-order valence-electron chi connectivity index (χ2n) is 6.72.